The van der Waals surface area contributed by atoms with E-state index in [2.05, 4.69) is 55.4 Å². The number of carbonyl (C=O) groups excluding carboxylic acids is 4. The van der Waals surface area contributed by atoms with Crippen LogP contribution in [0.4, 0.5) is 0 Å². The Morgan fingerprint density at radius 2 is 0.462 bits per heavy atom. The monoisotopic (exact) mass is 1340 g/mol. The van der Waals surface area contributed by atoms with Gasteiger partial charge >= 0.3 is 39.5 Å². The number of unbranched alkanes of at least 4 members (excludes halogenated alkanes) is 35. The van der Waals surface area contributed by atoms with Crippen LogP contribution in [0.1, 0.15) is 357 Å². The Labute approximate surface area is 556 Å². The summed E-state index contributed by atoms with van der Waals surface area (Å²) in [6.45, 7) is 14.1. The molecule has 0 fully saturated rings. The molecule has 17 nitrogen and oxygen atoms in total. The number of ether oxygens (including phenoxy) is 4. The van der Waals surface area contributed by atoms with Gasteiger partial charge in [0.05, 0.1) is 26.4 Å². The van der Waals surface area contributed by atoms with Crippen LogP contribution in [0.5, 0.6) is 0 Å². The van der Waals surface area contributed by atoms with E-state index in [1.807, 2.05) is 0 Å². The van der Waals surface area contributed by atoms with E-state index in [0.717, 1.165) is 108 Å². The Kier molecular flexibility index (Phi) is 60.3. The van der Waals surface area contributed by atoms with Gasteiger partial charge in [0.15, 0.2) is 12.2 Å². The first-order valence-electron chi connectivity index (χ1n) is 37.2. The lowest BCUT2D eigenvalue weighted by atomic mass is 10.0. The van der Waals surface area contributed by atoms with Crippen LogP contribution in [-0.2, 0) is 65.4 Å². The average Bonchev–Trinajstić information content (AvgIpc) is 3.03. The molecule has 0 aliphatic heterocycles. The Bertz CT molecular complexity index is 1800. The molecule has 3 unspecified atom stereocenters. The summed E-state index contributed by atoms with van der Waals surface area (Å²) in [7, 11) is -9.90. The summed E-state index contributed by atoms with van der Waals surface area (Å²) >= 11 is 0. The second kappa shape index (κ2) is 61.6. The molecule has 0 saturated heterocycles. The van der Waals surface area contributed by atoms with Crippen molar-refractivity contribution in [1.29, 1.82) is 0 Å². The highest BCUT2D eigenvalue weighted by atomic mass is 31.2. The van der Waals surface area contributed by atoms with E-state index in [0.29, 0.717) is 37.5 Å². The van der Waals surface area contributed by atoms with Gasteiger partial charge in [0.25, 0.3) is 0 Å². The van der Waals surface area contributed by atoms with E-state index in [1.165, 1.54) is 154 Å². The number of carbonyl (C=O) groups is 4. The van der Waals surface area contributed by atoms with E-state index in [9.17, 15) is 43.2 Å². The zero-order valence-corrected chi connectivity index (χ0v) is 61.3. The molecule has 5 atom stereocenters. The number of hydrogen-bond acceptors (Lipinski definition) is 15. The Balaban J connectivity index is 5.19. The lowest BCUT2D eigenvalue weighted by Gasteiger charge is -2.21. The number of aliphatic hydroxyl groups excluding tert-OH is 1. The molecular weight excluding hydrogens is 1200 g/mol. The molecule has 540 valence electrons. The molecule has 0 aromatic heterocycles. The van der Waals surface area contributed by atoms with Crippen LogP contribution in [-0.4, -0.2) is 96.7 Å². The summed E-state index contributed by atoms with van der Waals surface area (Å²) in [6.07, 6.45) is 44.7. The van der Waals surface area contributed by atoms with Gasteiger partial charge in [-0.25, -0.2) is 9.13 Å². The first kappa shape index (κ1) is 89.1. The summed E-state index contributed by atoms with van der Waals surface area (Å²) < 4.78 is 68.3. The number of rotatable bonds is 69. The fraction of sp³-hybridized carbons (Fsp3) is 0.944. The molecule has 0 saturated carbocycles. The van der Waals surface area contributed by atoms with Crippen LogP contribution in [0, 0.1) is 23.7 Å². The molecule has 0 spiro atoms. The van der Waals surface area contributed by atoms with Crippen LogP contribution < -0.4 is 0 Å². The maximum absolute atomic E-state index is 13.0. The molecule has 19 heteroatoms. The Hall–Kier alpha value is -1.94. The highest BCUT2D eigenvalue weighted by molar-refractivity contribution is 7.47. The van der Waals surface area contributed by atoms with Crippen LogP contribution in [0.2, 0.25) is 0 Å². The molecule has 0 aromatic carbocycles. The number of hydrogen-bond donors (Lipinski definition) is 3. The highest BCUT2D eigenvalue weighted by Gasteiger charge is 2.30. The minimum absolute atomic E-state index is 0.102. The van der Waals surface area contributed by atoms with Crippen molar-refractivity contribution in [3.8, 4) is 0 Å². The molecule has 0 rings (SSSR count). The molecule has 0 aliphatic rings. The zero-order chi connectivity index (χ0) is 67.5. The quantitative estimate of drug-likeness (QED) is 0.0222. The Morgan fingerprint density at radius 3 is 0.681 bits per heavy atom. The minimum atomic E-state index is -4.95. The van der Waals surface area contributed by atoms with E-state index in [1.54, 1.807) is 0 Å². The van der Waals surface area contributed by atoms with Gasteiger partial charge in [-0.3, -0.25) is 37.3 Å². The van der Waals surface area contributed by atoms with Gasteiger partial charge in [-0.1, -0.05) is 306 Å². The first-order chi connectivity index (χ1) is 43.6. The van der Waals surface area contributed by atoms with Crippen molar-refractivity contribution < 1.29 is 80.2 Å². The first-order valence-corrected chi connectivity index (χ1v) is 40.2. The van der Waals surface area contributed by atoms with Gasteiger partial charge in [-0.2, -0.15) is 0 Å². The second-order valence-corrected chi connectivity index (χ2v) is 30.8. The second-order valence-electron chi connectivity index (χ2n) is 27.9. The molecule has 0 heterocycles. The third-order valence-electron chi connectivity index (χ3n) is 16.6. The lowest BCUT2D eigenvalue weighted by Crippen LogP contribution is -2.30. The van der Waals surface area contributed by atoms with Crippen molar-refractivity contribution in [2.45, 2.75) is 375 Å². The van der Waals surface area contributed by atoms with Gasteiger partial charge in [0, 0.05) is 25.7 Å². The van der Waals surface area contributed by atoms with E-state index in [-0.39, 0.29) is 25.7 Å². The summed E-state index contributed by atoms with van der Waals surface area (Å²) in [4.78, 5) is 72.6. The van der Waals surface area contributed by atoms with Gasteiger partial charge in [0.1, 0.15) is 19.3 Å². The van der Waals surface area contributed by atoms with Crippen LogP contribution in [0.15, 0.2) is 0 Å². The zero-order valence-electron chi connectivity index (χ0n) is 59.5. The summed E-state index contributed by atoms with van der Waals surface area (Å²) in [5.74, 6) is 0.820. The molecule has 0 aliphatic carbocycles. The number of aliphatic hydroxyl groups is 1. The molecule has 0 amide bonds. The number of phosphoric acid groups is 2. The van der Waals surface area contributed by atoms with Crippen LogP contribution in [0.25, 0.3) is 0 Å². The Morgan fingerprint density at radius 1 is 0.275 bits per heavy atom. The van der Waals surface area contributed by atoms with Crippen molar-refractivity contribution in [3.63, 3.8) is 0 Å². The molecular formula is C72H140O17P2. The normalized spacial score (nSPS) is 14.2. The maximum Gasteiger partial charge on any atom is 0.472 e. The average molecular weight is 1340 g/mol. The molecule has 0 bridgehead atoms. The lowest BCUT2D eigenvalue weighted by molar-refractivity contribution is -0.161. The summed E-state index contributed by atoms with van der Waals surface area (Å²) in [5, 5.41) is 10.6. The molecule has 0 radical (unpaired) electrons. The largest absolute Gasteiger partial charge is 0.472 e. The van der Waals surface area contributed by atoms with Gasteiger partial charge in [0.2, 0.25) is 0 Å². The highest BCUT2D eigenvalue weighted by Crippen LogP contribution is 2.45. The molecule has 91 heavy (non-hydrogen) atoms. The van der Waals surface area contributed by atoms with Crippen molar-refractivity contribution in [1.82, 2.24) is 0 Å². The van der Waals surface area contributed by atoms with Crippen LogP contribution >= 0.6 is 15.6 Å². The maximum atomic E-state index is 13.0. The third kappa shape index (κ3) is 66.5. The number of esters is 4. The third-order valence-corrected chi connectivity index (χ3v) is 18.5. The number of phosphoric ester groups is 2. The molecule has 0 aromatic rings. The fourth-order valence-electron chi connectivity index (χ4n) is 10.8. The topological polar surface area (TPSA) is 237 Å². The van der Waals surface area contributed by atoms with Crippen LogP contribution in [0.3, 0.4) is 0 Å². The smallest absolute Gasteiger partial charge is 0.462 e. The van der Waals surface area contributed by atoms with Crippen molar-refractivity contribution in [3.05, 3.63) is 0 Å². The van der Waals surface area contributed by atoms with Gasteiger partial charge in [-0.15, -0.1) is 0 Å². The predicted molar refractivity (Wildman–Crippen MR) is 367 cm³/mol. The SMILES string of the molecule is CC(C)CCCCCCCCCCCCCCCCC(=O)O[C@H](COC(=O)CCCCCCCCCC(C)C)COP(=O)(O)OCC(O)COP(=O)(O)OC[C@@H](COC(=O)CCCCCCCCCCCCCCC(C)C)OC(=O)CCCCCCCCC(C)C. The molecule has 3 N–H and O–H groups in total. The van der Waals surface area contributed by atoms with Crippen molar-refractivity contribution >= 4 is 39.5 Å². The summed E-state index contributed by atoms with van der Waals surface area (Å²) in [5.41, 5.74) is 0. The summed E-state index contributed by atoms with van der Waals surface area (Å²) in [6, 6.07) is 0. The predicted octanol–water partition coefficient (Wildman–Crippen LogP) is 20.5. The van der Waals surface area contributed by atoms with Gasteiger partial charge in [-0.05, 0) is 49.4 Å². The van der Waals surface area contributed by atoms with E-state index in [4.69, 9.17) is 37.0 Å². The van der Waals surface area contributed by atoms with E-state index < -0.39 is 97.5 Å². The van der Waals surface area contributed by atoms with Crippen molar-refractivity contribution in [2.75, 3.05) is 39.6 Å². The fourth-order valence-corrected chi connectivity index (χ4v) is 12.4. The van der Waals surface area contributed by atoms with Crippen molar-refractivity contribution in [2.24, 2.45) is 23.7 Å². The minimum Gasteiger partial charge on any atom is -0.462 e. The standard InChI is InChI=1S/C72H140O17P2/c1-62(2)48-40-32-24-19-15-11-9-10-12-18-22-28-38-46-54-71(76)88-67(58-83-70(75)53-45-37-29-23-26-34-42-50-64(5)6)60-86-90(78,79)84-56-66(73)57-85-91(80,81)87-61-68(89-72(77)55-47-39-31-30-35-43-51-65(7)8)59-82-69(74)52-44-36-27-21-17-14-13-16-20-25-33-41-49-63(3)4/h62-68,73H,9-61H2,1-8H3,(H,78,79)(H,80,81)/t66?,67-,68-/m1/s1. The van der Waals surface area contributed by atoms with E-state index >= 15 is 0 Å². The van der Waals surface area contributed by atoms with Gasteiger partial charge < -0.3 is 33.8 Å².